The summed E-state index contributed by atoms with van der Waals surface area (Å²) in [5.41, 5.74) is 6.98. The molecule has 2 N–H and O–H groups in total. The number of carbonyl (C=O) groups is 2. The molecular weight excluding hydrogens is 360 g/mol. The van der Waals surface area contributed by atoms with Gasteiger partial charge >= 0.3 is 0 Å². The number of rotatable bonds is 8. The van der Waals surface area contributed by atoms with Gasteiger partial charge in [-0.15, -0.1) is 0 Å². The zero-order chi connectivity index (χ0) is 19.8. The van der Waals surface area contributed by atoms with Crippen LogP contribution in [0, 0.1) is 0 Å². The number of hydrogen-bond donors (Lipinski definition) is 2. The minimum Gasteiger partial charge on any atom is -0.493 e. The molecule has 0 saturated heterocycles. The number of hydrogen-bond acceptors (Lipinski definition) is 6. The van der Waals surface area contributed by atoms with Crippen molar-refractivity contribution in [2.75, 3.05) is 7.11 Å². The molecule has 0 aromatic heterocycles. The molecule has 2 amide bonds. The molecule has 8 heteroatoms. The van der Waals surface area contributed by atoms with Gasteiger partial charge in [-0.1, -0.05) is 30.3 Å². The number of hydrazone groups is 2. The van der Waals surface area contributed by atoms with Crippen LogP contribution in [0.4, 0.5) is 0 Å². The number of amides is 2. The summed E-state index contributed by atoms with van der Waals surface area (Å²) in [5, 5.41) is 7.71. The van der Waals surface area contributed by atoms with Gasteiger partial charge in [0.1, 0.15) is 6.61 Å². The summed E-state index contributed by atoms with van der Waals surface area (Å²) in [5.74, 6) is 0.619. The van der Waals surface area contributed by atoms with E-state index < -0.39 is 0 Å². The minimum absolute atomic E-state index is 0.0180. The van der Waals surface area contributed by atoms with Gasteiger partial charge in [-0.3, -0.25) is 9.59 Å². The lowest BCUT2D eigenvalue weighted by atomic mass is 10.2. The van der Waals surface area contributed by atoms with Gasteiger partial charge in [0, 0.05) is 0 Å². The van der Waals surface area contributed by atoms with Crippen LogP contribution in [0.1, 0.15) is 24.0 Å². The number of nitrogens with one attached hydrogen (secondary N) is 2. The Bertz CT molecular complexity index is 910. The van der Waals surface area contributed by atoms with Crippen LogP contribution in [0.2, 0.25) is 0 Å². The third kappa shape index (κ3) is 5.41. The number of benzene rings is 2. The number of methoxy groups -OCH3 is 1. The molecule has 8 nitrogen and oxygen atoms in total. The summed E-state index contributed by atoms with van der Waals surface area (Å²) in [6.07, 6.45) is 1.66. The van der Waals surface area contributed by atoms with Crippen molar-refractivity contribution in [1.82, 2.24) is 10.9 Å². The van der Waals surface area contributed by atoms with Crippen molar-refractivity contribution in [2.24, 2.45) is 10.2 Å². The van der Waals surface area contributed by atoms with Gasteiger partial charge in [-0.2, -0.15) is 10.2 Å². The molecule has 0 bridgehead atoms. The van der Waals surface area contributed by atoms with E-state index in [2.05, 4.69) is 21.1 Å². The van der Waals surface area contributed by atoms with Crippen LogP contribution in [0.5, 0.6) is 11.5 Å². The van der Waals surface area contributed by atoms with Gasteiger partial charge in [-0.25, -0.2) is 10.9 Å². The van der Waals surface area contributed by atoms with E-state index in [-0.39, 0.29) is 24.7 Å². The Kier molecular flexibility index (Phi) is 6.35. The normalized spacial score (nSPS) is 13.2. The van der Waals surface area contributed by atoms with Crippen molar-refractivity contribution in [3.63, 3.8) is 0 Å². The number of ether oxygens (including phenoxy) is 2. The lowest BCUT2D eigenvalue weighted by Gasteiger charge is -2.11. The maximum atomic E-state index is 11.8. The summed E-state index contributed by atoms with van der Waals surface area (Å²) < 4.78 is 11.2. The van der Waals surface area contributed by atoms with Crippen molar-refractivity contribution in [2.45, 2.75) is 19.4 Å². The van der Waals surface area contributed by atoms with E-state index in [1.165, 1.54) is 6.21 Å². The molecule has 2 aromatic rings. The van der Waals surface area contributed by atoms with Gasteiger partial charge < -0.3 is 9.47 Å². The molecule has 2 aromatic carbocycles. The molecule has 0 saturated carbocycles. The summed E-state index contributed by atoms with van der Waals surface area (Å²) in [7, 11) is 1.57. The predicted molar refractivity (Wildman–Crippen MR) is 104 cm³/mol. The molecule has 0 unspecified atom stereocenters. The number of carbonyl (C=O) groups excluding carboxylic acids is 2. The second-order valence-corrected chi connectivity index (χ2v) is 6.04. The molecule has 0 spiro atoms. The molecule has 0 fully saturated rings. The average Bonchev–Trinajstić information content (AvgIpc) is 3.11. The topological polar surface area (TPSA) is 101 Å². The van der Waals surface area contributed by atoms with Gasteiger partial charge in [0.15, 0.2) is 11.5 Å². The second kappa shape index (κ2) is 9.31. The first-order chi connectivity index (χ1) is 13.6. The quantitative estimate of drug-likeness (QED) is 0.540. The van der Waals surface area contributed by atoms with E-state index in [1.54, 1.807) is 25.3 Å². The fraction of sp³-hybridized carbons (Fsp3) is 0.200. The highest BCUT2D eigenvalue weighted by Gasteiger charge is 2.17. The SMILES string of the molecule is COc1ccc(/C=N/NC(=O)CC2=NNC(=O)C2)cc1OCc1ccccc1. The van der Waals surface area contributed by atoms with Gasteiger partial charge in [0.25, 0.3) is 0 Å². The third-order valence-corrected chi connectivity index (χ3v) is 3.90. The van der Waals surface area contributed by atoms with Gasteiger partial charge in [0.2, 0.25) is 11.8 Å². The zero-order valence-corrected chi connectivity index (χ0v) is 15.3. The summed E-state index contributed by atoms with van der Waals surface area (Å²) in [6.45, 7) is 0.406. The minimum atomic E-state index is -0.347. The lowest BCUT2D eigenvalue weighted by molar-refractivity contribution is -0.119. The van der Waals surface area contributed by atoms with Crippen molar-refractivity contribution in [3.05, 3.63) is 59.7 Å². The Morgan fingerprint density at radius 1 is 1.25 bits per heavy atom. The highest BCUT2D eigenvalue weighted by molar-refractivity contribution is 6.11. The van der Waals surface area contributed by atoms with Crippen molar-refractivity contribution in [3.8, 4) is 11.5 Å². The fourth-order valence-electron chi connectivity index (χ4n) is 2.53. The van der Waals surface area contributed by atoms with Crippen LogP contribution >= 0.6 is 0 Å². The summed E-state index contributed by atoms with van der Waals surface area (Å²) in [4.78, 5) is 22.9. The number of nitrogens with zero attached hydrogens (tertiary/aromatic N) is 2. The van der Waals surface area contributed by atoms with Crippen LogP contribution < -0.4 is 20.3 Å². The first kappa shape index (κ1) is 19.1. The molecule has 144 valence electrons. The third-order valence-electron chi connectivity index (χ3n) is 3.90. The van der Waals surface area contributed by atoms with E-state index in [0.717, 1.165) is 11.1 Å². The van der Waals surface area contributed by atoms with E-state index in [1.807, 2.05) is 30.3 Å². The Morgan fingerprint density at radius 3 is 2.79 bits per heavy atom. The largest absolute Gasteiger partial charge is 0.493 e. The maximum absolute atomic E-state index is 11.8. The Balaban J connectivity index is 1.58. The molecular formula is C20H20N4O4. The fourth-order valence-corrected chi connectivity index (χ4v) is 2.53. The van der Waals surface area contributed by atoms with Gasteiger partial charge in [0.05, 0.1) is 31.9 Å². The molecule has 1 heterocycles. The van der Waals surface area contributed by atoms with E-state index >= 15 is 0 Å². The lowest BCUT2D eigenvalue weighted by Crippen LogP contribution is -2.20. The maximum Gasteiger partial charge on any atom is 0.245 e. The van der Waals surface area contributed by atoms with Crippen molar-refractivity contribution in [1.29, 1.82) is 0 Å². The molecule has 28 heavy (non-hydrogen) atoms. The highest BCUT2D eigenvalue weighted by Crippen LogP contribution is 2.28. The highest BCUT2D eigenvalue weighted by atomic mass is 16.5. The van der Waals surface area contributed by atoms with Gasteiger partial charge in [-0.05, 0) is 29.3 Å². The van der Waals surface area contributed by atoms with Crippen molar-refractivity contribution < 1.29 is 19.1 Å². The van der Waals surface area contributed by atoms with E-state index in [9.17, 15) is 9.59 Å². The van der Waals surface area contributed by atoms with Crippen LogP contribution in [0.3, 0.4) is 0 Å². The first-order valence-electron chi connectivity index (χ1n) is 8.65. The molecule has 1 aliphatic heterocycles. The Labute approximate surface area is 162 Å². The average molecular weight is 380 g/mol. The summed E-state index contributed by atoms with van der Waals surface area (Å²) in [6, 6.07) is 15.2. The van der Waals surface area contributed by atoms with E-state index in [0.29, 0.717) is 23.8 Å². The molecule has 0 radical (unpaired) electrons. The smallest absolute Gasteiger partial charge is 0.245 e. The predicted octanol–water partition coefficient (Wildman–Crippen LogP) is 1.99. The second-order valence-electron chi connectivity index (χ2n) is 6.04. The molecule has 0 aliphatic carbocycles. The Morgan fingerprint density at radius 2 is 2.07 bits per heavy atom. The molecule has 1 aliphatic rings. The summed E-state index contributed by atoms with van der Waals surface area (Å²) >= 11 is 0. The van der Waals surface area contributed by atoms with Crippen LogP contribution in [0.15, 0.2) is 58.7 Å². The molecule has 3 rings (SSSR count). The Hall–Kier alpha value is -3.68. The zero-order valence-electron chi connectivity index (χ0n) is 15.3. The van der Waals surface area contributed by atoms with Crippen molar-refractivity contribution >= 4 is 23.7 Å². The molecule has 0 atom stereocenters. The van der Waals surface area contributed by atoms with Crippen LogP contribution in [0.25, 0.3) is 0 Å². The van der Waals surface area contributed by atoms with E-state index in [4.69, 9.17) is 9.47 Å². The van der Waals surface area contributed by atoms with Crippen LogP contribution in [-0.2, 0) is 16.2 Å². The monoisotopic (exact) mass is 380 g/mol. The standard InChI is InChI=1S/C20H20N4O4/c1-27-17-8-7-15(9-18(17)28-13-14-5-3-2-4-6-14)12-21-23-19(25)10-16-11-20(26)24-22-16/h2-9,12H,10-11,13H2,1H3,(H,23,25)(H,24,26)/b21-12+. The first-order valence-corrected chi connectivity index (χ1v) is 8.65. The van der Waals surface area contributed by atoms with Crippen LogP contribution in [-0.4, -0.2) is 30.9 Å².